The third kappa shape index (κ3) is 4.44. The normalized spacial score (nSPS) is 11.7. The lowest BCUT2D eigenvalue weighted by molar-refractivity contribution is -0.135. The van der Waals surface area contributed by atoms with Gasteiger partial charge < -0.3 is 14.8 Å². The van der Waals surface area contributed by atoms with Crippen molar-refractivity contribution in [2.45, 2.75) is 19.8 Å². The first-order chi connectivity index (χ1) is 13.0. The summed E-state index contributed by atoms with van der Waals surface area (Å²) >= 11 is 0. The molecule has 0 fully saturated rings. The van der Waals surface area contributed by atoms with Gasteiger partial charge in [-0.2, -0.15) is 0 Å². The molecule has 0 aliphatic heterocycles. The predicted octanol–water partition coefficient (Wildman–Crippen LogP) is 4.52. The summed E-state index contributed by atoms with van der Waals surface area (Å²) in [7, 11) is 1.63. The van der Waals surface area contributed by atoms with Gasteiger partial charge in [-0.25, -0.2) is 0 Å². The summed E-state index contributed by atoms with van der Waals surface area (Å²) in [6.07, 6.45) is 0. The Balaban J connectivity index is 1.77. The van der Waals surface area contributed by atoms with Crippen LogP contribution in [0.25, 0.3) is 10.8 Å². The topological polar surface area (TPSA) is 64.6 Å². The van der Waals surface area contributed by atoms with Gasteiger partial charge in [-0.15, -0.1) is 0 Å². The summed E-state index contributed by atoms with van der Waals surface area (Å²) < 4.78 is 10.7. The Kier molecular flexibility index (Phi) is 5.41. The monoisotopic (exact) mass is 363 g/mol. The van der Waals surface area contributed by atoms with E-state index >= 15 is 0 Å². The van der Waals surface area contributed by atoms with Crippen molar-refractivity contribution < 1.29 is 19.1 Å². The fraction of sp³-hybridized carbons (Fsp3) is 0.182. The molecule has 0 saturated carbocycles. The highest BCUT2D eigenvalue weighted by atomic mass is 16.5. The Bertz CT molecular complexity index is 997. The minimum Gasteiger partial charge on any atom is -0.497 e. The quantitative estimate of drug-likeness (QED) is 0.535. The Morgan fingerprint density at radius 1 is 0.926 bits per heavy atom. The first kappa shape index (κ1) is 18.5. The van der Waals surface area contributed by atoms with Gasteiger partial charge in [-0.1, -0.05) is 30.3 Å². The Morgan fingerprint density at radius 3 is 2.41 bits per heavy atom. The molecule has 0 saturated heterocycles. The molecule has 5 heteroatoms. The average Bonchev–Trinajstić information content (AvgIpc) is 2.66. The van der Waals surface area contributed by atoms with Gasteiger partial charge in [0, 0.05) is 18.7 Å². The van der Waals surface area contributed by atoms with E-state index in [9.17, 15) is 9.59 Å². The fourth-order valence-corrected chi connectivity index (χ4v) is 2.82. The van der Waals surface area contributed by atoms with Gasteiger partial charge >= 0.3 is 5.97 Å². The molecule has 0 aliphatic rings. The van der Waals surface area contributed by atoms with Crippen molar-refractivity contribution in [1.82, 2.24) is 0 Å². The van der Waals surface area contributed by atoms with Crippen LogP contribution in [-0.4, -0.2) is 19.0 Å². The molecule has 3 aromatic rings. The average molecular weight is 363 g/mol. The SMILES string of the molecule is COc1ccc2cc([C@H](C)C(=O)Oc3cccc(NC(C)=O)c3)ccc2c1. The molecule has 138 valence electrons. The second kappa shape index (κ2) is 7.91. The predicted molar refractivity (Wildman–Crippen MR) is 105 cm³/mol. The number of hydrogen-bond acceptors (Lipinski definition) is 4. The Labute approximate surface area is 157 Å². The van der Waals surface area contributed by atoms with E-state index in [1.54, 1.807) is 31.4 Å². The molecule has 0 spiro atoms. The maximum Gasteiger partial charge on any atom is 0.318 e. The molecule has 3 rings (SSSR count). The van der Waals surface area contributed by atoms with Crippen molar-refractivity contribution in [2.24, 2.45) is 0 Å². The highest BCUT2D eigenvalue weighted by molar-refractivity contribution is 5.89. The van der Waals surface area contributed by atoms with Crippen molar-refractivity contribution >= 4 is 28.3 Å². The Hall–Kier alpha value is -3.34. The number of methoxy groups -OCH3 is 1. The highest BCUT2D eigenvalue weighted by Gasteiger charge is 2.18. The second-order valence-corrected chi connectivity index (χ2v) is 6.32. The fourth-order valence-electron chi connectivity index (χ4n) is 2.82. The van der Waals surface area contributed by atoms with E-state index in [1.165, 1.54) is 6.92 Å². The number of hydrogen-bond donors (Lipinski definition) is 1. The Morgan fingerprint density at radius 2 is 1.67 bits per heavy atom. The number of carbonyl (C=O) groups excluding carboxylic acids is 2. The second-order valence-electron chi connectivity index (χ2n) is 6.32. The van der Waals surface area contributed by atoms with Crippen LogP contribution >= 0.6 is 0 Å². The number of fused-ring (bicyclic) bond motifs is 1. The maximum atomic E-state index is 12.6. The molecule has 0 bridgehead atoms. The van der Waals surface area contributed by atoms with Crippen molar-refractivity contribution in [3.63, 3.8) is 0 Å². The molecular weight excluding hydrogens is 342 g/mol. The molecule has 1 N–H and O–H groups in total. The largest absolute Gasteiger partial charge is 0.497 e. The standard InChI is InChI=1S/C22H21NO4/c1-14(16-7-8-18-12-20(26-3)10-9-17(18)11-16)22(25)27-21-6-4-5-19(13-21)23-15(2)24/h4-14H,1-3H3,(H,23,24)/t14-/m0/s1. The molecule has 0 unspecified atom stereocenters. The number of anilines is 1. The summed E-state index contributed by atoms with van der Waals surface area (Å²) in [4.78, 5) is 23.7. The lowest BCUT2D eigenvalue weighted by Crippen LogP contribution is -2.16. The molecule has 0 radical (unpaired) electrons. The zero-order valence-electron chi connectivity index (χ0n) is 15.5. The minimum absolute atomic E-state index is 0.181. The van der Waals surface area contributed by atoms with Gasteiger partial charge in [-0.3, -0.25) is 9.59 Å². The molecule has 0 aromatic heterocycles. The number of esters is 1. The molecule has 1 atom stereocenters. The molecule has 27 heavy (non-hydrogen) atoms. The van der Waals surface area contributed by atoms with Crippen LogP contribution in [0.5, 0.6) is 11.5 Å². The van der Waals surface area contributed by atoms with Gasteiger partial charge in [0.15, 0.2) is 0 Å². The first-order valence-corrected chi connectivity index (χ1v) is 8.63. The van der Waals surface area contributed by atoms with Crippen LogP contribution in [0, 0.1) is 0 Å². The van der Waals surface area contributed by atoms with E-state index in [0.29, 0.717) is 11.4 Å². The number of rotatable bonds is 5. The molecule has 0 heterocycles. The van der Waals surface area contributed by atoms with Crippen LogP contribution in [0.2, 0.25) is 0 Å². The van der Waals surface area contributed by atoms with E-state index in [2.05, 4.69) is 5.32 Å². The van der Waals surface area contributed by atoms with Gasteiger partial charge in [0.25, 0.3) is 0 Å². The number of nitrogens with one attached hydrogen (secondary N) is 1. The summed E-state index contributed by atoms with van der Waals surface area (Å²) in [5, 5.41) is 4.74. The molecule has 0 aliphatic carbocycles. The van der Waals surface area contributed by atoms with Crippen molar-refractivity contribution in [1.29, 1.82) is 0 Å². The maximum absolute atomic E-state index is 12.6. The number of benzene rings is 3. The van der Waals surface area contributed by atoms with Crippen molar-refractivity contribution in [3.8, 4) is 11.5 Å². The van der Waals surface area contributed by atoms with Crippen molar-refractivity contribution in [3.05, 3.63) is 66.2 Å². The summed E-state index contributed by atoms with van der Waals surface area (Å²) in [5.74, 6) is 0.216. The van der Waals surface area contributed by atoms with Crippen LogP contribution < -0.4 is 14.8 Å². The molecule has 1 amide bonds. The third-order valence-corrected chi connectivity index (χ3v) is 4.30. The lowest BCUT2D eigenvalue weighted by atomic mass is 9.98. The van der Waals surface area contributed by atoms with Gasteiger partial charge in [0.05, 0.1) is 13.0 Å². The van der Waals surface area contributed by atoms with E-state index in [1.807, 2.05) is 43.3 Å². The van der Waals surface area contributed by atoms with Gasteiger partial charge in [0.1, 0.15) is 11.5 Å². The summed E-state index contributed by atoms with van der Waals surface area (Å²) in [5.41, 5.74) is 1.45. The first-order valence-electron chi connectivity index (χ1n) is 8.63. The lowest BCUT2D eigenvalue weighted by Gasteiger charge is -2.13. The minimum atomic E-state index is -0.430. The van der Waals surface area contributed by atoms with Crippen LogP contribution in [-0.2, 0) is 9.59 Å². The third-order valence-electron chi connectivity index (χ3n) is 4.30. The van der Waals surface area contributed by atoms with Crippen LogP contribution in [0.4, 0.5) is 5.69 Å². The van der Waals surface area contributed by atoms with E-state index < -0.39 is 5.92 Å². The molecule has 3 aromatic carbocycles. The zero-order valence-corrected chi connectivity index (χ0v) is 15.5. The summed E-state index contributed by atoms with van der Waals surface area (Å²) in [6.45, 7) is 3.24. The molecule has 5 nitrogen and oxygen atoms in total. The smallest absolute Gasteiger partial charge is 0.318 e. The van der Waals surface area contributed by atoms with E-state index in [0.717, 1.165) is 22.1 Å². The number of ether oxygens (including phenoxy) is 2. The van der Waals surface area contributed by atoms with Crippen molar-refractivity contribution in [2.75, 3.05) is 12.4 Å². The summed E-state index contributed by atoms with van der Waals surface area (Å²) in [6, 6.07) is 18.4. The number of carbonyl (C=O) groups is 2. The molecular formula is C22H21NO4. The van der Waals surface area contributed by atoms with Crippen LogP contribution in [0.1, 0.15) is 25.3 Å². The van der Waals surface area contributed by atoms with E-state index in [4.69, 9.17) is 9.47 Å². The van der Waals surface area contributed by atoms with Gasteiger partial charge in [-0.05, 0) is 47.5 Å². The van der Waals surface area contributed by atoms with Crippen LogP contribution in [0.3, 0.4) is 0 Å². The number of amides is 1. The zero-order chi connectivity index (χ0) is 19.4. The highest BCUT2D eigenvalue weighted by Crippen LogP contribution is 2.27. The van der Waals surface area contributed by atoms with Crippen LogP contribution in [0.15, 0.2) is 60.7 Å². The van der Waals surface area contributed by atoms with Gasteiger partial charge in [0.2, 0.25) is 5.91 Å². The van der Waals surface area contributed by atoms with E-state index in [-0.39, 0.29) is 11.9 Å².